The van der Waals surface area contributed by atoms with E-state index in [2.05, 4.69) is 126 Å². The maximum atomic E-state index is 6.93. The third kappa shape index (κ3) is 4.71. The van der Waals surface area contributed by atoms with Crippen LogP contribution in [-0.4, -0.2) is 19.5 Å². The van der Waals surface area contributed by atoms with Gasteiger partial charge in [0.25, 0.3) is 0 Å². The number of fused-ring (bicyclic) bond motifs is 13. The Bertz CT molecular complexity index is 3860. The number of aromatic nitrogens is 4. The van der Waals surface area contributed by atoms with E-state index in [-0.39, 0.29) is 0 Å². The first kappa shape index (κ1) is 32.0. The van der Waals surface area contributed by atoms with Gasteiger partial charge in [-0.1, -0.05) is 133 Å². The first-order valence-electron chi connectivity index (χ1n) is 19.8. The van der Waals surface area contributed by atoms with Crippen LogP contribution in [-0.2, 0) is 0 Å². The van der Waals surface area contributed by atoms with E-state index >= 15 is 0 Å². The molecule has 0 saturated carbocycles. The minimum Gasteiger partial charge on any atom is -0.456 e. The van der Waals surface area contributed by atoms with Crippen LogP contribution < -0.4 is 0 Å². The molecule has 0 spiro atoms. The summed E-state index contributed by atoms with van der Waals surface area (Å²) in [4.78, 5) is 15.6. The Hall–Kier alpha value is -8.09. The monoisotopic (exact) mass is 754 g/mol. The molecule has 0 radical (unpaired) electrons. The summed E-state index contributed by atoms with van der Waals surface area (Å²) in [6.45, 7) is 0. The van der Waals surface area contributed by atoms with E-state index in [4.69, 9.17) is 23.8 Å². The Balaban J connectivity index is 1.09. The van der Waals surface area contributed by atoms with Crippen LogP contribution in [0.15, 0.2) is 191 Å². The zero-order chi connectivity index (χ0) is 38.6. The maximum absolute atomic E-state index is 6.93. The molecule has 4 heterocycles. The van der Waals surface area contributed by atoms with Crippen LogP contribution >= 0.6 is 0 Å². The topological polar surface area (TPSA) is 69.9 Å². The Morgan fingerprint density at radius 2 is 1.02 bits per heavy atom. The van der Waals surface area contributed by atoms with Gasteiger partial charge in [-0.15, -0.1) is 0 Å². The molecule has 6 heteroatoms. The largest absolute Gasteiger partial charge is 0.456 e. The summed E-state index contributed by atoms with van der Waals surface area (Å²) < 4.78 is 15.6. The molecule has 0 saturated heterocycles. The van der Waals surface area contributed by atoms with E-state index in [9.17, 15) is 0 Å². The number of furan rings is 2. The van der Waals surface area contributed by atoms with Gasteiger partial charge in [-0.3, -0.25) is 0 Å². The lowest BCUT2D eigenvalue weighted by atomic mass is 9.99. The van der Waals surface area contributed by atoms with E-state index in [1.54, 1.807) is 0 Å². The summed E-state index contributed by atoms with van der Waals surface area (Å²) in [7, 11) is 0. The van der Waals surface area contributed by atoms with E-state index in [1.807, 2.05) is 60.7 Å². The second-order valence-corrected chi connectivity index (χ2v) is 15.1. The van der Waals surface area contributed by atoms with Crippen LogP contribution in [0.3, 0.4) is 0 Å². The summed E-state index contributed by atoms with van der Waals surface area (Å²) in [6, 6.07) is 63.2. The number of para-hydroxylation sites is 2. The average Bonchev–Trinajstić information content (AvgIpc) is 3.99. The predicted molar refractivity (Wildman–Crippen MR) is 240 cm³/mol. The number of hydrogen-bond acceptors (Lipinski definition) is 5. The zero-order valence-corrected chi connectivity index (χ0v) is 31.4. The van der Waals surface area contributed by atoms with E-state index in [0.29, 0.717) is 17.5 Å². The van der Waals surface area contributed by atoms with Crippen LogP contribution in [0.2, 0.25) is 0 Å². The number of hydrogen-bond donors (Lipinski definition) is 0. The summed E-state index contributed by atoms with van der Waals surface area (Å²) in [5.41, 5.74) is 9.06. The first-order valence-corrected chi connectivity index (χ1v) is 19.8. The standard InChI is InChI=1S/C53H30N4O2/c1-2-14-32(15-3-1)51-54-52(39-21-12-24-46-48(39)38-20-9-11-23-44(38)58-46)56-53(55-51)41-29-33-16-5-7-18-36(33)49-40-30-34(26-28-45(40)59-50(41)49)57-42-22-10-8-19-37(42)47-35-17-6-4-13-31(35)25-27-43(47)57/h1-30H. The quantitative estimate of drug-likeness (QED) is 0.179. The summed E-state index contributed by atoms with van der Waals surface area (Å²) >= 11 is 0. The van der Waals surface area contributed by atoms with Crippen LogP contribution in [0.1, 0.15) is 0 Å². The number of benzene rings is 9. The molecule has 274 valence electrons. The van der Waals surface area contributed by atoms with Gasteiger partial charge in [0, 0.05) is 49.1 Å². The fourth-order valence-corrected chi connectivity index (χ4v) is 9.23. The van der Waals surface area contributed by atoms with E-state index in [0.717, 1.165) is 88.1 Å². The van der Waals surface area contributed by atoms with Crippen LogP contribution in [0, 0.1) is 0 Å². The first-order chi connectivity index (χ1) is 29.2. The molecular formula is C53H30N4O2. The van der Waals surface area contributed by atoms with Crippen LogP contribution in [0.25, 0.3) is 127 Å². The lowest BCUT2D eigenvalue weighted by Gasteiger charge is -2.11. The summed E-state index contributed by atoms with van der Waals surface area (Å²) in [5.74, 6) is 1.67. The van der Waals surface area contributed by atoms with Crippen molar-refractivity contribution >= 4 is 87.2 Å². The van der Waals surface area contributed by atoms with Crippen molar-refractivity contribution in [1.29, 1.82) is 0 Å². The van der Waals surface area contributed by atoms with Gasteiger partial charge in [0.2, 0.25) is 0 Å². The highest BCUT2D eigenvalue weighted by Crippen LogP contribution is 2.44. The van der Waals surface area contributed by atoms with Crippen molar-refractivity contribution in [1.82, 2.24) is 19.5 Å². The third-order valence-electron chi connectivity index (χ3n) is 11.8. The van der Waals surface area contributed by atoms with Gasteiger partial charge in [-0.2, -0.15) is 0 Å². The second-order valence-electron chi connectivity index (χ2n) is 15.1. The van der Waals surface area contributed by atoms with Gasteiger partial charge >= 0.3 is 0 Å². The van der Waals surface area contributed by atoms with Crippen molar-refractivity contribution in [2.45, 2.75) is 0 Å². The smallest absolute Gasteiger partial charge is 0.167 e. The van der Waals surface area contributed by atoms with Crippen molar-refractivity contribution < 1.29 is 8.83 Å². The van der Waals surface area contributed by atoms with E-state index < -0.39 is 0 Å². The highest BCUT2D eigenvalue weighted by atomic mass is 16.3. The molecule has 0 N–H and O–H groups in total. The third-order valence-corrected chi connectivity index (χ3v) is 11.8. The maximum Gasteiger partial charge on any atom is 0.167 e. The Morgan fingerprint density at radius 1 is 0.356 bits per heavy atom. The average molecular weight is 755 g/mol. The second kappa shape index (κ2) is 12.2. The molecule has 0 atom stereocenters. The molecule has 4 aromatic heterocycles. The molecule has 0 aliphatic rings. The molecule has 0 unspecified atom stereocenters. The molecule has 0 amide bonds. The molecular weight excluding hydrogens is 725 g/mol. The molecule has 0 aliphatic carbocycles. The fourth-order valence-electron chi connectivity index (χ4n) is 9.23. The molecule has 6 nitrogen and oxygen atoms in total. The number of nitrogens with zero attached hydrogens (tertiary/aromatic N) is 4. The lowest BCUT2D eigenvalue weighted by molar-refractivity contribution is 0.668. The Labute approximate surface area is 336 Å². The molecule has 13 rings (SSSR count). The predicted octanol–water partition coefficient (Wildman–Crippen LogP) is 14.1. The molecule has 59 heavy (non-hydrogen) atoms. The Kier molecular flexibility index (Phi) is 6.63. The normalized spacial score (nSPS) is 12.1. The van der Waals surface area contributed by atoms with Gasteiger partial charge in [-0.05, 0) is 70.1 Å². The van der Waals surface area contributed by atoms with Crippen molar-refractivity contribution in [3.63, 3.8) is 0 Å². The lowest BCUT2D eigenvalue weighted by Crippen LogP contribution is -2.00. The molecule has 9 aromatic carbocycles. The van der Waals surface area contributed by atoms with Crippen molar-refractivity contribution in [2.75, 3.05) is 0 Å². The van der Waals surface area contributed by atoms with Crippen LogP contribution in [0.5, 0.6) is 0 Å². The minimum atomic E-state index is 0.531. The molecule has 13 aromatic rings. The Morgan fingerprint density at radius 3 is 1.88 bits per heavy atom. The highest BCUT2D eigenvalue weighted by Gasteiger charge is 2.23. The zero-order valence-electron chi connectivity index (χ0n) is 31.4. The summed E-state index contributed by atoms with van der Waals surface area (Å²) in [5, 5.41) is 11.1. The summed E-state index contributed by atoms with van der Waals surface area (Å²) in [6.07, 6.45) is 0. The van der Waals surface area contributed by atoms with Gasteiger partial charge in [-0.25, -0.2) is 15.0 Å². The van der Waals surface area contributed by atoms with Crippen molar-refractivity contribution in [3.05, 3.63) is 182 Å². The van der Waals surface area contributed by atoms with Crippen LogP contribution in [0.4, 0.5) is 0 Å². The highest BCUT2D eigenvalue weighted by molar-refractivity contribution is 6.24. The van der Waals surface area contributed by atoms with E-state index in [1.165, 1.54) is 21.5 Å². The SMILES string of the molecule is c1ccc(-c2nc(-c3cc4ccccc4c4c3oc3ccc(-n5c6ccccc6c6c7ccccc7ccc65)cc34)nc(-c3cccc4oc5ccccc5c34)n2)cc1. The molecule has 0 bridgehead atoms. The van der Waals surface area contributed by atoms with Gasteiger partial charge in [0.05, 0.1) is 16.6 Å². The van der Waals surface area contributed by atoms with Gasteiger partial charge in [0.15, 0.2) is 17.5 Å². The fraction of sp³-hybridized carbons (Fsp3) is 0. The van der Waals surface area contributed by atoms with Crippen molar-refractivity contribution in [3.8, 4) is 39.9 Å². The van der Waals surface area contributed by atoms with Gasteiger partial charge < -0.3 is 13.4 Å². The molecule has 0 fully saturated rings. The van der Waals surface area contributed by atoms with Crippen molar-refractivity contribution in [2.24, 2.45) is 0 Å². The minimum absolute atomic E-state index is 0.531. The molecule has 0 aliphatic heterocycles. The number of rotatable bonds is 4. The van der Waals surface area contributed by atoms with Gasteiger partial charge in [0.1, 0.15) is 22.3 Å².